The van der Waals surface area contributed by atoms with Crippen LogP contribution in [0.25, 0.3) is 0 Å². The average molecular weight is 274 g/mol. The Morgan fingerprint density at radius 3 is 2.80 bits per heavy atom. The molecule has 2 aromatic rings. The largest absolute Gasteiger partial charge is 0.468 e. The predicted octanol–water partition coefficient (Wildman–Crippen LogP) is 2.22. The zero-order valence-corrected chi connectivity index (χ0v) is 11.1. The lowest BCUT2D eigenvalue weighted by atomic mass is 10.2. The molecule has 0 atom stereocenters. The summed E-state index contributed by atoms with van der Waals surface area (Å²) in [4.78, 5) is 15.6. The van der Waals surface area contributed by atoms with Crippen LogP contribution in [0.2, 0.25) is 0 Å². The van der Waals surface area contributed by atoms with Crippen LogP contribution >= 0.6 is 0 Å². The highest BCUT2D eigenvalue weighted by molar-refractivity contribution is 5.77. The molecule has 4 nitrogen and oxygen atoms in total. The molecule has 0 aliphatic heterocycles. The topological polar surface area (TPSA) is 51.2 Å². The molecule has 1 aromatic heterocycles. The second-order valence-electron chi connectivity index (χ2n) is 4.33. The van der Waals surface area contributed by atoms with E-state index in [0.29, 0.717) is 11.4 Å². The monoisotopic (exact) mass is 274 g/mol. The van der Waals surface area contributed by atoms with Crippen LogP contribution in [0.5, 0.6) is 5.88 Å². The number of halogens is 1. The van der Waals surface area contributed by atoms with E-state index in [-0.39, 0.29) is 24.9 Å². The second kappa shape index (κ2) is 6.65. The molecule has 1 heterocycles. The summed E-state index contributed by atoms with van der Waals surface area (Å²) in [6, 6.07) is 9.84. The molecule has 0 spiro atoms. The van der Waals surface area contributed by atoms with Crippen molar-refractivity contribution < 1.29 is 13.9 Å². The number of rotatable bonds is 5. The minimum atomic E-state index is -0.339. The number of nitrogens with zero attached hydrogens (tertiary/aromatic N) is 1. The summed E-state index contributed by atoms with van der Waals surface area (Å²) in [6.45, 7) is 1.90. The molecule has 20 heavy (non-hydrogen) atoms. The summed E-state index contributed by atoms with van der Waals surface area (Å²) >= 11 is 0. The van der Waals surface area contributed by atoms with Crippen molar-refractivity contribution in [2.24, 2.45) is 0 Å². The molecule has 5 heteroatoms. The fourth-order valence-electron chi connectivity index (χ4n) is 1.57. The first-order chi connectivity index (χ1) is 9.65. The van der Waals surface area contributed by atoms with Gasteiger partial charge in [0.05, 0.1) is 0 Å². The summed E-state index contributed by atoms with van der Waals surface area (Å²) < 4.78 is 18.6. The van der Waals surface area contributed by atoms with E-state index in [9.17, 15) is 9.18 Å². The standard InChI is InChI=1S/C15H15FN2O2/c1-11-6-7-15(18-8-11)20-10-14(19)17-9-12-4-2-3-5-13(12)16/h2-8H,9-10H2,1H3,(H,17,19). The number of pyridine rings is 1. The smallest absolute Gasteiger partial charge is 0.258 e. The van der Waals surface area contributed by atoms with Gasteiger partial charge in [0.15, 0.2) is 6.61 Å². The molecule has 0 saturated heterocycles. The minimum absolute atomic E-state index is 0.135. The number of amides is 1. The second-order valence-corrected chi connectivity index (χ2v) is 4.33. The number of carbonyl (C=O) groups is 1. The molecule has 0 aliphatic carbocycles. The van der Waals surface area contributed by atoms with Crippen LogP contribution in [0.4, 0.5) is 4.39 Å². The first-order valence-electron chi connectivity index (χ1n) is 6.21. The van der Waals surface area contributed by atoms with Gasteiger partial charge in [-0.1, -0.05) is 24.3 Å². The van der Waals surface area contributed by atoms with Crippen LogP contribution < -0.4 is 10.1 Å². The number of carbonyl (C=O) groups excluding carboxylic acids is 1. The van der Waals surface area contributed by atoms with Crippen LogP contribution in [-0.2, 0) is 11.3 Å². The van der Waals surface area contributed by atoms with Gasteiger partial charge in [-0.25, -0.2) is 9.37 Å². The number of aromatic nitrogens is 1. The molecule has 0 unspecified atom stereocenters. The Labute approximate surface area is 116 Å². The third kappa shape index (κ3) is 4.05. The summed E-state index contributed by atoms with van der Waals surface area (Å²) in [7, 11) is 0. The number of ether oxygens (including phenoxy) is 1. The van der Waals surface area contributed by atoms with Crippen molar-refractivity contribution in [3.05, 3.63) is 59.5 Å². The fraction of sp³-hybridized carbons (Fsp3) is 0.200. The number of aryl methyl sites for hydroxylation is 1. The number of hydrogen-bond donors (Lipinski definition) is 1. The summed E-state index contributed by atoms with van der Waals surface area (Å²) in [6.07, 6.45) is 1.66. The molecular weight excluding hydrogens is 259 g/mol. The van der Waals surface area contributed by atoms with Crippen molar-refractivity contribution in [1.82, 2.24) is 10.3 Å². The third-order valence-corrected chi connectivity index (χ3v) is 2.67. The van der Waals surface area contributed by atoms with E-state index in [1.807, 2.05) is 13.0 Å². The number of benzene rings is 1. The Morgan fingerprint density at radius 1 is 1.30 bits per heavy atom. The summed E-state index contributed by atoms with van der Waals surface area (Å²) in [5.74, 6) is -0.277. The van der Waals surface area contributed by atoms with Gasteiger partial charge >= 0.3 is 0 Å². The quantitative estimate of drug-likeness (QED) is 0.909. The Bertz CT molecular complexity index is 585. The van der Waals surface area contributed by atoms with E-state index >= 15 is 0 Å². The molecule has 2 rings (SSSR count). The van der Waals surface area contributed by atoms with Crippen molar-refractivity contribution in [2.75, 3.05) is 6.61 Å². The molecule has 1 amide bonds. The van der Waals surface area contributed by atoms with Gasteiger partial charge in [-0.2, -0.15) is 0 Å². The van der Waals surface area contributed by atoms with Gasteiger partial charge in [-0.15, -0.1) is 0 Å². The average Bonchev–Trinajstić information content (AvgIpc) is 2.46. The van der Waals surface area contributed by atoms with E-state index in [1.54, 1.807) is 30.5 Å². The normalized spacial score (nSPS) is 10.1. The molecule has 104 valence electrons. The molecule has 0 aliphatic rings. The lowest BCUT2D eigenvalue weighted by Gasteiger charge is -2.07. The number of nitrogens with one attached hydrogen (secondary N) is 1. The van der Waals surface area contributed by atoms with Crippen molar-refractivity contribution in [1.29, 1.82) is 0 Å². The van der Waals surface area contributed by atoms with Crippen molar-refractivity contribution in [3.63, 3.8) is 0 Å². The first kappa shape index (κ1) is 14.0. The van der Waals surface area contributed by atoms with Gasteiger partial charge in [0.2, 0.25) is 5.88 Å². The minimum Gasteiger partial charge on any atom is -0.468 e. The Morgan fingerprint density at radius 2 is 2.10 bits per heavy atom. The van der Waals surface area contributed by atoms with Gasteiger partial charge < -0.3 is 10.1 Å². The SMILES string of the molecule is Cc1ccc(OCC(=O)NCc2ccccc2F)nc1. The van der Waals surface area contributed by atoms with Crippen LogP contribution in [0.3, 0.4) is 0 Å². The summed E-state index contributed by atoms with van der Waals surface area (Å²) in [5, 5.41) is 2.59. The van der Waals surface area contributed by atoms with Crippen LogP contribution in [0, 0.1) is 12.7 Å². The van der Waals surface area contributed by atoms with Gasteiger partial charge in [0.1, 0.15) is 5.82 Å². The molecule has 0 bridgehead atoms. The Balaban J connectivity index is 1.78. The van der Waals surface area contributed by atoms with Crippen molar-refractivity contribution >= 4 is 5.91 Å². The van der Waals surface area contributed by atoms with Crippen LogP contribution in [0.15, 0.2) is 42.6 Å². The van der Waals surface area contributed by atoms with Crippen LogP contribution in [-0.4, -0.2) is 17.5 Å². The highest BCUT2D eigenvalue weighted by Gasteiger charge is 2.05. The highest BCUT2D eigenvalue weighted by atomic mass is 19.1. The van der Waals surface area contributed by atoms with Crippen LogP contribution in [0.1, 0.15) is 11.1 Å². The Kier molecular flexibility index (Phi) is 4.65. The molecule has 1 N–H and O–H groups in total. The third-order valence-electron chi connectivity index (χ3n) is 2.67. The zero-order chi connectivity index (χ0) is 14.4. The molecule has 0 fully saturated rings. The molecular formula is C15H15FN2O2. The predicted molar refractivity (Wildman–Crippen MR) is 72.7 cm³/mol. The van der Waals surface area contributed by atoms with E-state index < -0.39 is 0 Å². The summed E-state index contributed by atoms with van der Waals surface area (Å²) in [5.41, 5.74) is 1.45. The van der Waals surface area contributed by atoms with Crippen molar-refractivity contribution in [3.8, 4) is 5.88 Å². The fourth-order valence-corrected chi connectivity index (χ4v) is 1.57. The van der Waals surface area contributed by atoms with E-state index in [4.69, 9.17) is 4.74 Å². The maximum atomic E-state index is 13.3. The lowest BCUT2D eigenvalue weighted by Crippen LogP contribution is -2.28. The molecule has 0 saturated carbocycles. The molecule has 0 radical (unpaired) electrons. The van der Waals surface area contributed by atoms with E-state index in [1.165, 1.54) is 6.07 Å². The molecule has 1 aromatic carbocycles. The van der Waals surface area contributed by atoms with Crippen molar-refractivity contribution in [2.45, 2.75) is 13.5 Å². The zero-order valence-electron chi connectivity index (χ0n) is 11.1. The van der Waals surface area contributed by atoms with Gasteiger partial charge in [0.25, 0.3) is 5.91 Å². The maximum Gasteiger partial charge on any atom is 0.258 e. The van der Waals surface area contributed by atoms with Gasteiger partial charge in [-0.3, -0.25) is 4.79 Å². The van der Waals surface area contributed by atoms with E-state index in [0.717, 1.165) is 5.56 Å². The lowest BCUT2D eigenvalue weighted by molar-refractivity contribution is -0.123. The Hall–Kier alpha value is -2.43. The first-order valence-corrected chi connectivity index (χ1v) is 6.21. The van der Waals surface area contributed by atoms with Gasteiger partial charge in [-0.05, 0) is 18.6 Å². The highest BCUT2D eigenvalue weighted by Crippen LogP contribution is 2.07. The van der Waals surface area contributed by atoms with E-state index in [2.05, 4.69) is 10.3 Å². The number of hydrogen-bond acceptors (Lipinski definition) is 3. The van der Waals surface area contributed by atoms with Gasteiger partial charge in [0, 0.05) is 24.4 Å². The maximum absolute atomic E-state index is 13.3.